The van der Waals surface area contributed by atoms with Gasteiger partial charge in [-0.2, -0.15) is 11.8 Å². The first kappa shape index (κ1) is 11.7. The van der Waals surface area contributed by atoms with Crippen molar-refractivity contribution in [2.75, 3.05) is 25.2 Å². The van der Waals surface area contributed by atoms with Gasteiger partial charge < -0.3 is 10.2 Å². The summed E-state index contributed by atoms with van der Waals surface area (Å²) in [4.78, 5) is 11.2. The molecule has 0 aromatic carbocycles. The van der Waals surface area contributed by atoms with Crippen molar-refractivity contribution < 1.29 is 15.0 Å². The zero-order chi connectivity index (χ0) is 9.40. The van der Waals surface area contributed by atoms with Crippen LogP contribution in [0.2, 0.25) is 0 Å². The fourth-order valence-electron chi connectivity index (χ4n) is 0.732. The highest BCUT2D eigenvalue weighted by Gasteiger charge is 2.06. The topological polar surface area (TPSA) is 57.5 Å². The molecule has 3 nitrogen and oxygen atoms in total. The van der Waals surface area contributed by atoms with Gasteiger partial charge in [-0.3, -0.25) is 4.79 Å². The normalized spacial score (nSPS) is 11.8. The van der Waals surface area contributed by atoms with Crippen LogP contribution in [0.4, 0.5) is 0 Å². The van der Waals surface area contributed by atoms with E-state index in [1.807, 2.05) is 6.26 Å². The summed E-state index contributed by atoms with van der Waals surface area (Å²) in [5.74, 6) is 0.669. The maximum atomic E-state index is 11.2. The van der Waals surface area contributed by atoms with Gasteiger partial charge in [0.05, 0.1) is 13.2 Å². The van der Waals surface area contributed by atoms with Crippen molar-refractivity contribution in [1.29, 1.82) is 0 Å². The molecule has 0 aromatic heterocycles. The van der Waals surface area contributed by atoms with Crippen LogP contribution in [0.15, 0.2) is 11.6 Å². The van der Waals surface area contributed by atoms with E-state index >= 15 is 0 Å². The number of ketones is 1. The molecule has 4 heteroatoms. The van der Waals surface area contributed by atoms with Gasteiger partial charge in [0.15, 0.2) is 5.78 Å². The highest BCUT2D eigenvalue weighted by Crippen LogP contribution is 2.03. The van der Waals surface area contributed by atoms with Crippen molar-refractivity contribution in [2.24, 2.45) is 0 Å². The summed E-state index contributed by atoms with van der Waals surface area (Å²) in [6.07, 6.45) is 3.69. The van der Waals surface area contributed by atoms with E-state index in [0.717, 1.165) is 5.75 Å². The molecule has 0 rings (SSSR count). The third-order valence-electron chi connectivity index (χ3n) is 1.40. The van der Waals surface area contributed by atoms with Crippen LogP contribution in [0.3, 0.4) is 0 Å². The van der Waals surface area contributed by atoms with Crippen LogP contribution < -0.4 is 0 Å². The van der Waals surface area contributed by atoms with E-state index in [0.29, 0.717) is 12.0 Å². The van der Waals surface area contributed by atoms with Crippen molar-refractivity contribution in [3.63, 3.8) is 0 Å². The van der Waals surface area contributed by atoms with E-state index in [-0.39, 0.29) is 19.0 Å². The highest BCUT2D eigenvalue weighted by molar-refractivity contribution is 7.98. The van der Waals surface area contributed by atoms with Gasteiger partial charge >= 0.3 is 0 Å². The minimum atomic E-state index is -0.284. The average molecular weight is 190 g/mol. The molecule has 0 unspecified atom stereocenters. The summed E-state index contributed by atoms with van der Waals surface area (Å²) in [7, 11) is 0. The summed E-state index contributed by atoms with van der Waals surface area (Å²) in [5.41, 5.74) is 0.312. The van der Waals surface area contributed by atoms with Gasteiger partial charge in [-0.1, -0.05) is 6.08 Å². The third-order valence-corrected chi connectivity index (χ3v) is 2.01. The van der Waals surface area contributed by atoms with Gasteiger partial charge in [0, 0.05) is 17.7 Å². The van der Waals surface area contributed by atoms with E-state index in [1.165, 1.54) is 6.08 Å². The number of aliphatic hydroxyl groups excluding tert-OH is 2. The lowest BCUT2D eigenvalue weighted by Gasteiger charge is -2.00. The molecule has 12 heavy (non-hydrogen) atoms. The zero-order valence-electron chi connectivity index (χ0n) is 7.12. The predicted molar refractivity (Wildman–Crippen MR) is 50.3 cm³/mol. The zero-order valence-corrected chi connectivity index (χ0v) is 7.93. The Bertz CT molecular complexity index is 166. The van der Waals surface area contributed by atoms with Crippen molar-refractivity contribution in [3.05, 3.63) is 11.6 Å². The number of hydrogen-bond acceptors (Lipinski definition) is 4. The largest absolute Gasteiger partial charge is 0.392 e. The van der Waals surface area contributed by atoms with E-state index in [2.05, 4.69) is 0 Å². The Morgan fingerprint density at radius 3 is 2.58 bits per heavy atom. The number of hydrogen-bond donors (Lipinski definition) is 2. The number of rotatable bonds is 6. The Morgan fingerprint density at radius 2 is 2.17 bits per heavy atom. The Balaban J connectivity index is 3.95. The van der Waals surface area contributed by atoms with Crippen molar-refractivity contribution in [1.82, 2.24) is 0 Å². The third kappa shape index (κ3) is 4.54. The molecule has 0 heterocycles. The second-order valence-corrected chi connectivity index (χ2v) is 3.22. The van der Waals surface area contributed by atoms with E-state index in [1.54, 1.807) is 11.8 Å². The summed E-state index contributed by atoms with van der Waals surface area (Å²) in [6.45, 7) is -0.478. The van der Waals surface area contributed by atoms with Crippen molar-refractivity contribution in [2.45, 2.75) is 6.42 Å². The summed E-state index contributed by atoms with van der Waals surface area (Å²) < 4.78 is 0. The number of aliphatic hydroxyl groups is 2. The maximum absolute atomic E-state index is 11.2. The smallest absolute Gasteiger partial charge is 0.161 e. The molecular weight excluding hydrogens is 176 g/mol. The fraction of sp³-hybridized carbons (Fsp3) is 0.625. The van der Waals surface area contributed by atoms with Crippen LogP contribution >= 0.6 is 11.8 Å². The molecule has 0 radical (unpaired) electrons. The second-order valence-electron chi connectivity index (χ2n) is 2.24. The average Bonchev–Trinajstić information content (AvgIpc) is 2.10. The molecule has 0 spiro atoms. The Kier molecular flexibility index (Phi) is 7.14. The summed E-state index contributed by atoms with van der Waals surface area (Å²) in [5, 5.41) is 17.2. The maximum Gasteiger partial charge on any atom is 0.161 e. The first-order chi connectivity index (χ1) is 5.76. The summed E-state index contributed by atoms with van der Waals surface area (Å²) >= 11 is 1.58. The van der Waals surface area contributed by atoms with E-state index in [4.69, 9.17) is 10.2 Å². The molecule has 0 bridgehead atoms. The monoisotopic (exact) mass is 190 g/mol. The number of Topliss-reactive ketones (excluding diaryl/α,β-unsaturated/α-hetero) is 1. The van der Waals surface area contributed by atoms with Crippen LogP contribution in [0.5, 0.6) is 0 Å². The molecule has 0 aliphatic carbocycles. The molecule has 0 atom stereocenters. The molecular formula is C8H14O3S. The number of carbonyl (C=O) groups excluding carboxylic acids is 1. The van der Waals surface area contributed by atoms with Crippen LogP contribution in [-0.2, 0) is 4.79 Å². The molecule has 0 aliphatic heterocycles. The van der Waals surface area contributed by atoms with E-state index in [9.17, 15) is 4.79 Å². The van der Waals surface area contributed by atoms with Crippen LogP contribution in [0.1, 0.15) is 6.42 Å². The Morgan fingerprint density at radius 1 is 1.50 bits per heavy atom. The van der Waals surface area contributed by atoms with Gasteiger partial charge in [0.25, 0.3) is 0 Å². The van der Waals surface area contributed by atoms with Crippen LogP contribution in [-0.4, -0.2) is 41.2 Å². The lowest BCUT2D eigenvalue weighted by molar-refractivity contribution is -0.115. The van der Waals surface area contributed by atoms with E-state index < -0.39 is 0 Å². The minimum absolute atomic E-state index is 0.0825. The molecule has 0 aromatic rings. The predicted octanol–water partition coefficient (Wildman–Crippen LogP) is 0.220. The Labute approximate surface area is 76.5 Å². The molecule has 0 amide bonds. The van der Waals surface area contributed by atoms with Gasteiger partial charge in [-0.25, -0.2) is 0 Å². The van der Waals surface area contributed by atoms with Crippen LogP contribution in [0, 0.1) is 0 Å². The quantitative estimate of drug-likeness (QED) is 0.588. The molecule has 0 aliphatic rings. The van der Waals surface area contributed by atoms with Crippen LogP contribution in [0.25, 0.3) is 0 Å². The van der Waals surface area contributed by atoms with Crippen molar-refractivity contribution in [3.8, 4) is 0 Å². The van der Waals surface area contributed by atoms with Crippen molar-refractivity contribution >= 4 is 17.5 Å². The number of carbonyl (C=O) groups is 1. The first-order valence-corrected chi connectivity index (χ1v) is 5.08. The standard InChI is InChI=1S/C8H14O3S/c1-12-5-3-8(11)7(6-10)2-4-9/h2,9-10H,3-6H2,1H3/b7-2+. The second kappa shape index (κ2) is 7.34. The van der Waals surface area contributed by atoms with Gasteiger partial charge in [-0.05, 0) is 6.26 Å². The first-order valence-electron chi connectivity index (χ1n) is 3.69. The van der Waals surface area contributed by atoms with Gasteiger partial charge in [-0.15, -0.1) is 0 Å². The van der Waals surface area contributed by atoms with Gasteiger partial charge in [0.1, 0.15) is 0 Å². The number of thioether (sulfide) groups is 1. The Hall–Kier alpha value is -0.320. The minimum Gasteiger partial charge on any atom is -0.392 e. The lowest BCUT2D eigenvalue weighted by Crippen LogP contribution is -2.08. The van der Waals surface area contributed by atoms with Gasteiger partial charge in [0.2, 0.25) is 0 Å². The molecule has 70 valence electrons. The molecule has 2 N–H and O–H groups in total. The lowest BCUT2D eigenvalue weighted by atomic mass is 10.1. The fourth-order valence-corrected chi connectivity index (χ4v) is 1.12. The SMILES string of the molecule is CSCCC(=O)/C(=C/CO)CO. The highest BCUT2D eigenvalue weighted by atomic mass is 32.2. The molecule has 0 saturated heterocycles. The molecule has 0 saturated carbocycles. The molecule has 0 fully saturated rings. The summed E-state index contributed by atoms with van der Waals surface area (Å²) in [6, 6.07) is 0.